The molecule has 2 aromatic rings. The molecule has 0 spiro atoms. The summed E-state index contributed by atoms with van der Waals surface area (Å²) in [5.74, 6) is 0. The van der Waals surface area contributed by atoms with Crippen molar-refractivity contribution in [3.8, 4) is 0 Å². The number of hydrogen-bond acceptors (Lipinski definition) is 6. The summed E-state index contributed by atoms with van der Waals surface area (Å²) in [6.07, 6.45) is 1.77. The van der Waals surface area contributed by atoms with Crippen molar-refractivity contribution < 1.29 is 9.53 Å². The van der Waals surface area contributed by atoms with E-state index in [2.05, 4.69) is 32.6 Å². The molecule has 144 valence electrons. The maximum absolute atomic E-state index is 12.3. The monoisotopic (exact) mass is 379 g/mol. The van der Waals surface area contributed by atoms with Crippen LogP contribution in [0.25, 0.3) is 4.96 Å². The number of rotatable bonds is 1. The summed E-state index contributed by atoms with van der Waals surface area (Å²) >= 11 is 1.60. The predicted octanol–water partition coefficient (Wildman–Crippen LogP) is 3.53. The Hall–Kier alpha value is -1.83. The third-order valence-electron chi connectivity index (χ3n) is 4.33. The highest BCUT2D eigenvalue weighted by atomic mass is 32.1. The van der Waals surface area contributed by atoms with Crippen LogP contribution in [0.5, 0.6) is 0 Å². The van der Waals surface area contributed by atoms with Crippen LogP contribution in [0.3, 0.4) is 0 Å². The van der Waals surface area contributed by atoms with E-state index in [4.69, 9.17) is 14.8 Å². The Morgan fingerprint density at radius 3 is 2.46 bits per heavy atom. The molecule has 8 heteroatoms. The lowest BCUT2D eigenvalue weighted by molar-refractivity contribution is 0.0218. The molecule has 1 fully saturated rings. The van der Waals surface area contributed by atoms with Crippen LogP contribution in [-0.4, -0.2) is 56.9 Å². The molecule has 1 aliphatic rings. The van der Waals surface area contributed by atoms with Gasteiger partial charge in [-0.25, -0.2) is 14.3 Å². The second-order valence-corrected chi connectivity index (χ2v) is 9.89. The third kappa shape index (κ3) is 3.95. The standard InChI is InChI=1S/C18H29N5O2S/c1-12-10-21(16(24)25-18(5,6)7)8-9-22(12)15-20-23-11-13(17(2,3)4)19-14(23)26-15/h11-12H,8-10H2,1-7H3. The Morgan fingerprint density at radius 2 is 1.92 bits per heavy atom. The molecule has 7 nitrogen and oxygen atoms in total. The number of fused-ring (bicyclic) bond motifs is 1. The van der Waals surface area contributed by atoms with E-state index in [1.807, 2.05) is 31.5 Å². The number of anilines is 1. The van der Waals surface area contributed by atoms with Crippen molar-refractivity contribution in [1.29, 1.82) is 0 Å². The second-order valence-electron chi connectivity index (χ2n) is 8.96. The van der Waals surface area contributed by atoms with Crippen LogP contribution in [0.15, 0.2) is 6.20 Å². The smallest absolute Gasteiger partial charge is 0.410 e. The summed E-state index contributed by atoms with van der Waals surface area (Å²) in [6.45, 7) is 16.2. The van der Waals surface area contributed by atoms with Gasteiger partial charge >= 0.3 is 6.09 Å². The maximum atomic E-state index is 12.3. The van der Waals surface area contributed by atoms with Gasteiger partial charge < -0.3 is 14.5 Å². The van der Waals surface area contributed by atoms with Crippen LogP contribution in [0, 0.1) is 0 Å². The summed E-state index contributed by atoms with van der Waals surface area (Å²) in [5, 5.41) is 5.66. The summed E-state index contributed by atoms with van der Waals surface area (Å²) in [7, 11) is 0. The summed E-state index contributed by atoms with van der Waals surface area (Å²) < 4.78 is 7.36. The molecular weight excluding hydrogens is 350 g/mol. The lowest BCUT2D eigenvalue weighted by atomic mass is 9.93. The van der Waals surface area contributed by atoms with Crippen molar-refractivity contribution in [2.24, 2.45) is 0 Å². The van der Waals surface area contributed by atoms with E-state index in [9.17, 15) is 4.79 Å². The van der Waals surface area contributed by atoms with Crippen LogP contribution >= 0.6 is 11.3 Å². The maximum Gasteiger partial charge on any atom is 0.410 e. The summed E-state index contributed by atoms with van der Waals surface area (Å²) in [6, 6.07) is 0.175. The minimum Gasteiger partial charge on any atom is -0.444 e. The van der Waals surface area contributed by atoms with Gasteiger partial charge in [0.2, 0.25) is 10.1 Å². The van der Waals surface area contributed by atoms with Gasteiger partial charge in [0.1, 0.15) is 5.60 Å². The molecule has 0 aliphatic carbocycles. The molecule has 2 aromatic heterocycles. The van der Waals surface area contributed by atoms with Crippen molar-refractivity contribution in [2.75, 3.05) is 24.5 Å². The van der Waals surface area contributed by atoms with Crippen molar-refractivity contribution >= 4 is 27.5 Å². The summed E-state index contributed by atoms with van der Waals surface area (Å²) in [4.78, 5) is 21.9. The second kappa shape index (κ2) is 6.40. The molecule has 1 saturated heterocycles. The largest absolute Gasteiger partial charge is 0.444 e. The molecule has 0 N–H and O–H groups in total. The summed E-state index contributed by atoms with van der Waals surface area (Å²) in [5.41, 5.74) is 0.591. The van der Waals surface area contributed by atoms with E-state index in [1.165, 1.54) is 0 Å². The van der Waals surface area contributed by atoms with Gasteiger partial charge in [0, 0.05) is 31.1 Å². The molecule has 3 heterocycles. The number of amides is 1. The van der Waals surface area contributed by atoms with Crippen molar-refractivity contribution in [1.82, 2.24) is 19.5 Å². The third-order valence-corrected chi connectivity index (χ3v) is 5.29. The fraction of sp³-hybridized carbons (Fsp3) is 0.722. The van der Waals surface area contributed by atoms with Crippen molar-refractivity contribution in [3.63, 3.8) is 0 Å². The number of piperazine rings is 1. The normalized spacial score (nSPS) is 19.3. The zero-order chi connectivity index (χ0) is 19.3. The fourth-order valence-electron chi connectivity index (χ4n) is 2.90. The van der Waals surface area contributed by atoms with E-state index in [0.29, 0.717) is 13.1 Å². The zero-order valence-electron chi connectivity index (χ0n) is 16.7. The lowest BCUT2D eigenvalue weighted by Gasteiger charge is -2.39. The Bertz CT molecular complexity index is 767. The zero-order valence-corrected chi connectivity index (χ0v) is 17.6. The number of carbonyl (C=O) groups is 1. The Balaban J connectivity index is 1.70. The fourth-order valence-corrected chi connectivity index (χ4v) is 3.91. The van der Waals surface area contributed by atoms with Gasteiger partial charge in [-0.05, 0) is 27.7 Å². The van der Waals surface area contributed by atoms with Gasteiger partial charge in [-0.1, -0.05) is 32.1 Å². The SMILES string of the molecule is CC1CN(C(=O)OC(C)(C)C)CCN1c1nn2cc(C(C)(C)C)nc2s1. The minimum absolute atomic E-state index is 0.0138. The predicted molar refractivity (Wildman–Crippen MR) is 104 cm³/mol. The number of imidazole rings is 1. The lowest BCUT2D eigenvalue weighted by Crippen LogP contribution is -2.54. The highest BCUT2D eigenvalue weighted by molar-refractivity contribution is 7.20. The van der Waals surface area contributed by atoms with Crippen LogP contribution in [0.1, 0.15) is 54.2 Å². The van der Waals surface area contributed by atoms with E-state index in [0.717, 1.165) is 22.3 Å². The Labute approximate surface area is 158 Å². The average Bonchev–Trinajstić information content (AvgIpc) is 3.03. The molecule has 26 heavy (non-hydrogen) atoms. The molecule has 0 bridgehead atoms. The minimum atomic E-state index is -0.469. The van der Waals surface area contributed by atoms with E-state index >= 15 is 0 Å². The topological polar surface area (TPSA) is 63.0 Å². The average molecular weight is 380 g/mol. The van der Waals surface area contributed by atoms with Gasteiger partial charge in [0.15, 0.2) is 0 Å². The number of hydrogen-bond donors (Lipinski definition) is 0. The molecule has 0 aromatic carbocycles. The first-order chi connectivity index (χ1) is 11.9. The van der Waals surface area contributed by atoms with Gasteiger partial charge in [0.25, 0.3) is 0 Å². The van der Waals surface area contributed by atoms with Crippen LogP contribution in [0.4, 0.5) is 9.93 Å². The van der Waals surface area contributed by atoms with E-state index in [1.54, 1.807) is 16.2 Å². The van der Waals surface area contributed by atoms with Crippen molar-refractivity contribution in [3.05, 3.63) is 11.9 Å². The van der Waals surface area contributed by atoms with E-state index in [-0.39, 0.29) is 17.6 Å². The molecule has 1 aliphatic heterocycles. The van der Waals surface area contributed by atoms with Crippen LogP contribution in [-0.2, 0) is 10.2 Å². The molecule has 3 rings (SSSR count). The number of nitrogens with zero attached hydrogens (tertiary/aromatic N) is 5. The highest BCUT2D eigenvalue weighted by Gasteiger charge is 2.31. The molecule has 1 amide bonds. The quantitative estimate of drug-likeness (QED) is 0.758. The number of carbonyl (C=O) groups excluding carboxylic acids is 1. The first kappa shape index (κ1) is 18.9. The van der Waals surface area contributed by atoms with Crippen LogP contribution in [0.2, 0.25) is 0 Å². The Kier molecular flexibility index (Phi) is 4.67. The molecular formula is C18H29N5O2S. The van der Waals surface area contributed by atoms with Gasteiger partial charge in [-0.2, -0.15) is 0 Å². The molecule has 1 atom stereocenters. The van der Waals surface area contributed by atoms with Gasteiger partial charge in [0.05, 0.1) is 11.9 Å². The van der Waals surface area contributed by atoms with Crippen molar-refractivity contribution in [2.45, 2.75) is 65.5 Å². The molecule has 0 radical (unpaired) electrons. The molecule has 1 unspecified atom stereocenters. The van der Waals surface area contributed by atoms with Crippen LogP contribution < -0.4 is 4.90 Å². The van der Waals surface area contributed by atoms with Gasteiger partial charge in [-0.15, -0.1) is 5.10 Å². The first-order valence-corrected chi connectivity index (χ1v) is 9.87. The molecule has 0 saturated carbocycles. The number of aromatic nitrogens is 3. The first-order valence-electron chi connectivity index (χ1n) is 9.05. The van der Waals surface area contributed by atoms with Gasteiger partial charge in [-0.3, -0.25) is 0 Å². The highest BCUT2D eigenvalue weighted by Crippen LogP contribution is 2.29. The number of ether oxygens (including phenoxy) is 1. The Morgan fingerprint density at radius 1 is 1.23 bits per heavy atom. The van der Waals surface area contributed by atoms with E-state index < -0.39 is 5.60 Å².